The van der Waals surface area contributed by atoms with Crippen LogP contribution in [-0.2, 0) is 4.74 Å². The molecule has 48 valence electrons. The van der Waals surface area contributed by atoms with E-state index in [0.717, 1.165) is 38.8 Å². The van der Waals surface area contributed by atoms with Crippen molar-refractivity contribution >= 4 is 26.4 Å². The van der Waals surface area contributed by atoms with E-state index in [2.05, 4.69) is 4.99 Å². The molecule has 0 spiro atoms. The summed E-state index contributed by atoms with van der Waals surface area (Å²) in [5, 5.41) is 0. The van der Waals surface area contributed by atoms with Gasteiger partial charge in [-0.2, -0.15) is 0 Å². The van der Waals surface area contributed by atoms with Gasteiger partial charge in [-0.15, -0.1) is 0 Å². The van der Waals surface area contributed by atoms with E-state index in [1.165, 1.54) is 0 Å². The first-order valence-corrected chi connectivity index (χ1v) is 5.78. The van der Waals surface area contributed by atoms with E-state index >= 15 is 0 Å². The number of rotatable bonds is 2. The highest BCUT2D eigenvalue weighted by Gasteiger charge is 1.82. The van der Waals surface area contributed by atoms with Crippen molar-refractivity contribution in [2.75, 3.05) is 12.4 Å². The predicted octanol–water partition coefficient (Wildman–Crippen LogP) is -1.93. The fourth-order valence-corrected chi connectivity index (χ4v) is 1.34. The second-order valence-corrected chi connectivity index (χ2v) is 2.64. The molecule has 0 aliphatic heterocycles. The Morgan fingerprint density at radius 1 is 1.62 bits per heavy atom. The Hall–Kier alpha value is -0.0962. The molecule has 0 amide bonds. The van der Waals surface area contributed by atoms with Gasteiger partial charge in [-0.05, 0) is 0 Å². The van der Waals surface area contributed by atoms with Crippen LogP contribution in [0.4, 0.5) is 0 Å². The summed E-state index contributed by atoms with van der Waals surface area (Å²) in [6.45, 7) is 1.91. The van der Waals surface area contributed by atoms with Crippen LogP contribution in [0.25, 0.3) is 0 Å². The second-order valence-electron chi connectivity index (χ2n) is 1.43. The van der Waals surface area contributed by atoms with Crippen molar-refractivity contribution in [2.24, 2.45) is 4.99 Å². The SMILES string of the molecule is CC(=NC[SiH3])OC[SiH3]. The Labute approximate surface area is 56.2 Å². The third-order valence-corrected chi connectivity index (χ3v) is 1.34. The smallest absolute Gasteiger partial charge is 0.179 e. The highest BCUT2D eigenvalue weighted by molar-refractivity contribution is 6.10. The fraction of sp³-hybridized carbons (Fsp3) is 0.750. The number of nitrogens with zero attached hydrogens (tertiary/aromatic N) is 1. The Bertz CT molecular complexity index is 84.1. The summed E-state index contributed by atoms with van der Waals surface area (Å²) >= 11 is 0. The van der Waals surface area contributed by atoms with Crippen LogP contribution in [0.3, 0.4) is 0 Å². The molecule has 0 bridgehead atoms. The molecular formula is C4H13NOSi2. The summed E-state index contributed by atoms with van der Waals surface area (Å²) in [4.78, 5) is 4.09. The van der Waals surface area contributed by atoms with Crippen molar-refractivity contribution in [3.05, 3.63) is 0 Å². The summed E-state index contributed by atoms with van der Waals surface area (Å²) in [5.41, 5.74) is 0. The first-order chi connectivity index (χ1) is 3.81. The van der Waals surface area contributed by atoms with Gasteiger partial charge in [0.15, 0.2) is 5.90 Å². The molecular weight excluding hydrogens is 134 g/mol. The van der Waals surface area contributed by atoms with Crippen molar-refractivity contribution in [1.29, 1.82) is 0 Å². The van der Waals surface area contributed by atoms with Crippen LogP contribution >= 0.6 is 0 Å². The van der Waals surface area contributed by atoms with Crippen molar-refractivity contribution in [2.45, 2.75) is 6.92 Å². The molecule has 0 unspecified atom stereocenters. The lowest BCUT2D eigenvalue weighted by Gasteiger charge is -1.98. The van der Waals surface area contributed by atoms with Crippen LogP contribution < -0.4 is 0 Å². The molecule has 0 radical (unpaired) electrons. The lowest BCUT2D eigenvalue weighted by atomic mass is 10.8. The minimum Gasteiger partial charge on any atom is -0.486 e. The third-order valence-electron chi connectivity index (χ3n) is 0.734. The quantitative estimate of drug-likeness (QED) is 0.253. The Morgan fingerprint density at radius 3 is 2.62 bits per heavy atom. The van der Waals surface area contributed by atoms with Crippen LogP contribution in [0.5, 0.6) is 0 Å². The zero-order valence-electron chi connectivity index (χ0n) is 5.77. The summed E-state index contributed by atoms with van der Waals surface area (Å²) in [6.07, 6.45) is 1.84. The second kappa shape index (κ2) is 5.05. The van der Waals surface area contributed by atoms with Gasteiger partial charge in [0.1, 0.15) is 0 Å². The summed E-state index contributed by atoms with van der Waals surface area (Å²) in [7, 11) is 2.24. The molecule has 2 nitrogen and oxygen atoms in total. The molecule has 0 atom stereocenters. The molecule has 0 aliphatic carbocycles. The topological polar surface area (TPSA) is 21.6 Å². The van der Waals surface area contributed by atoms with Gasteiger partial charge in [0, 0.05) is 23.3 Å². The van der Waals surface area contributed by atoms with E-state index in [4.69, 9.17) is 4.74 Å². The van der Waals surface area contributed by atoms with Crippen molar-refractivity contribution in [1.82, 2.24) is 0 Å². The van der Waals surface area contributed by atoms with E-state index in [1.807, 2.05) is 6.92 Å². The zero-order valence-corrected chi connectivity index (χ0v) is 9.77. The maximum Gasteiger partial charge on any atom is 0.179 e. The van der Waals surface area contributed by atoms with Gasteiger partial charge < -0.3 is 4.74 Å². The van der Waals surface area contributed by atoms with E-state index in [1.54, 1.807) is 0 Å². The first-order valence-electron chi connectivity index (χ1n) is 2.95. The monoisotopic (exact) mass is 147 g/mol. The van der Waals surface area contributed by atoms with E-state index in [0.29, 0.717) is 0 Å². The van der Waals surface area contributed by atoms with Gasteiger partial charge in [0.25, 0.3) is 0 Å². The highest BCUT2D eigenvalue weighted by Crippen LogP contribution is 1.76. The van der Waals surface area contributed by atoms with Crippen LogP contribution in [0.1, 0.15) is 6.92 Å². The molecule has 0 rings (SSSR count). The first kappa shape index (κ1) is 7.90. The molecule has 0 fully saturated rings. The molecule has 0 saturated carbocycles. The van der Waals surface area contributed by atoms with Gasteiger partial charge in [-0.3, -0.25) is 4.99 Å². The molecule has 4 heteroatoms. The molecule has 0 aromatic carbocycles. The molecule has 0 aromatic heterocycles. The van der Waals surface area contributed by atoms with Gasteiger partial charge in [0.2, 0.25) is 0 Å². The van der Waals surface area contributed by atoms with Crippen LogP contribution in [-0.4, -0.2) is 38.8 Å². The van der Waals surface area contributed by atoms with Gasteiger partial charge in [0.05, 0.1) is 16.5 Å². The average Bonchev–Trinajstić information content (AvgIpc) is 1.68. The number of hydrogen-bond donors (Lipinski definition) is 0. The summed E-state index contributed by atoms with van der Waals surface area (Å²) < 4.78 is 5.12. The summed E-state index contributed by atoms with van der Waals surface area (Å²) in [6, 6.07) is 0. The van der Waals surface area contributed by atoms with E-state index in [-0.39, 0.29) is 0 Å². The van der Waals surface area contributed by atoms with Crippen LogP contribution in [0.2, 0.25) is 0 Å². The van der Waals surface area contributed by atoms with Gasteiger partial charge in [-0.1, -0.05) is 0 Å². The van der Waals surface area contributed by atoms with Crippen molar-refractivity contribution < 1.29 is 4.74 Å². The van der Waals surface area contributed by atoms with Crippen LogP contribution in [0, 0.1) is 0 Å². The molecule has 0 aliphatic rings. The number of aliphatic imine (C=N–C) groups is 1. The minimum absolute atomic E-state index is 0.856. The fourth-order valence-electron chi connectivity index (χ4n) is 0.477. The third kappa shape index (κ3) is 4.07. The maximum absolute atomic E-state index is 5.12. The molecule has 0 saturated heterocycles. The largest absolute Gasteiger partial charge is 0.486 e. The normalized spacial score (nSPS) is 12.4. The lowest BCUT2D eigenvalue weighted by Crippen LogP contribution is -2.01. The van der Waals surface area contributed by atoms with Crippen molar-refractivity contribution in [3.8, 4) is 0 Å². The van der Waals surface area contributed by atoms with Gasteiger partial charge >= 0.3 is 0 Å². The average molecular weight is 147 g/mol. The zero-order chi connectivity index (χ0) is 6.41. The summed E-state index contributed by atoms with van der Waals surface area (Å²) in [5.74, 6) is 0.856. The number of hydrogen-bond acceptors (Lipinski definition) is 2. The highest BCUT2D eigenvalue weighted by atomic mass is 28.1. The minimum atomic E-state index is 0.856. The molecule has 0 N–H and O–H groups in total. The molecule has 0 aromatic rings. The van der Waals surface area contributed by atoms with Crippen molar-refractivity contribution in [3.63, 3.8) is 0 Å². The van der Waals surface area contributed by atoms with Gasteiger partial charge in [-0.25, -0.2) is 0 Å². The molecule has 8 heavy (non-hydrogen) atoms. The van der Waals surface area contributed by atoms with E-state index < -0.39 is 0 Å². The maximum atomic E-state index is 5.12. The predicted molar refractivity (Wildman–Crippen MR) is 43.8 cm³/mol. The number of ether oxygens (including phenoxy) is 1. The molecule has 0 heterocycles. The standard InChI is InChI=1S/C4H13NOSi2/c1-4(5-2-7)6-3-8/h2-3H2,1,7-8H3. The Balaban J connectivity index is 3.29. The van der Waals surface area contributed by atoms with Crippen LogP contribution in [0.15, 0.2) is 4.99 Å². The lowest BCUT2D eigenvalue weighted by molar-refractivity contribution is 0.371. The Morgan fingerprint density at radius 2 is 2.25 bits per heavy atom. The Kier molecular flexibility index (Phi) is 4.99. The van der Waals surface area contributed by atoms with E-state index in [9.17, 15) is 0 Å².